The number of hydrogen-bond acceptors (Lipinski definition) is 5. The molecule has 2 aromatic rings. The molecule has 0 aromatic heterocycles. The minimum absolute atomic E-state index is 0.328. The van der Waals surface area contributed by atoms with Crippen molar-refractivity contribution in [1.29, 1.82) is 0 Å². The van der Waals surface area contributed by atoms with Gasteiger partial charge in [0.15, 0.2) is 17.6 Å². The second-order valence-corrected chi connectivity index (χ2v) is 7.55. The molecule has 4 rings (SSSR count). The van der Waals surface area contributed by atoms with E-state index in [2.05, 4.69) is 5.32 Å². The zero-order valence-corrected chi connectivity index (χ0v) is 16.5. The van der Waals surface area contributed by atoms with Gasteiger partial charge in [0.25, 0.3) is 5.91 Å². The number of rotatable bonds is 5. The molecule has 0 radical (unpaired) electrons. The first-order chi connectivity index (χ1) is 14.1. The summed E-state index contributed by atoms with van der Waals surface area (Å²) in [6.07, 6.45) is 2.53. The Morgan fingerprint density at radius 1 is 1.00 bits per heavy atom. The molecule has 152 valence electrons. The van der Waals surface area contributed by atoms with Gasteiger partial charge in [-0.25, -0.2) is 0 Å². The first-order valence-electron chi connectivity index (χ1n) is 10.1. The molecule has 0 spiro atoms. The highest BCUT2D eigenvalue weighted by atomic mass is 16.6. The van der Waals surface area contributed by atoms with E-state index in [4.69, 9.17) is 14.2 Å². The zero-order chi connectivity index (χ0) is 20.3. The minimum Gasteiger partial charge on any atom is -0.486 e. The summed E-state index contributed by atoms with van der Waals surface area (Å²) in [5.41, 5.74) is 0.870. The van der Waals surface area contributed by atoms with Crippen LogP contribution in [0.4, 0.5) is 5.69 Å². The summed E-state index contributed by atoms with van der Waals surface area (Å²) in [6, 6.07) is 14.9. The average molecular weight is 395 g/mol. The largest absolute Gasteiger partial charge is 0.486 e. The highest BCUT2D eigenvalue weighted by Crippen LogP contribution is 2.42. The molecular formula is C23H25NO5. The van der Waals surface area contributed by atoms with Gasteiger partial charge in [-0.05, 0) is 37.5 Å². The predicted octanol–water partition coefficient (Wildman–Crippen LogP) is 3.84. The number of hydrogen-bond donors (Lipinski definition) is 1. The van der Waals surface area contributed by atoms with Crippen LogP contribution in [0.1, 0.15) is 38.2 Å². The summed E-state index contributed by atoms with van der Waals surface area (Å²) in [7, 11) is 0. The average Bonchev–Trinajstić information content (AvgIpc) is 3.25. The Morgan fingerprint density at radius 2 is 1.69 bits per heavy atom. The quantitative estimate of drug-likeness (QED) is 0.779. The molecule has 1 unspecified atom stereocenters. The van der Waals surface area contributed by atoms with E-state index in [1.165, 1.54) is 0 Å². The fraction of sp³-hybridized carbons (Fsp3) is 0.391. The topological polar surface area (TPSA) is 73.9 Å². The van der Waals surface area contributed by atoms with Crippen LogP contribution in [0.15, 0.2) is 48.5 Å². The summed E-state index contributed by atoms with van der Waals surface area (Å²) < 4.78 is 16.7. The minimum atomic E-state index is -0.906. The summed E-state index contributed by atoms with van der Waals surface area (Å²) in [6.45, 7) is 2.58. The second kappa shape index (κ2) is 8.15. The van der Waals surface area contributed by atoms with Crippen LogP contribution >= 0.6 is 0 Å². The van der Waals surface area contributed by atoms with E-state index >= 15 is 0 Å². The van der Waals surface area contributed by atoms with Gasteiger partial charge in [-0.2, -0.15) is 0 Å². The molecule has 1 amide bonds. The van der Waals surface area contributed by atoms with Crippen LogP contribution in [0.3, 0.4) is 0 Å². The first kappa shape index (κ1) is 19.3. The van der Waals surface area contributed by atoms with Crippen LogP contribution in [0.2, 0.25) is 0 Å². The third-order valence-electron chi connectivity index (χ3n) is 5.64. The van der Waals surface area contributed by atoms with E-state index in [-0.39, 0.29) is 11.9 Å². The maximum absolute atomic E-state index is 13.1. The van der Waals surface area contributed by atoms with Gasteiger partial charge in [-0.15, -0.1) is 0 Å². The van der Waals surface area contributed by atoms with Gasteiger partial charge in [0.2, 0.25) is 0 Å². The van der Waals surface area contributed by atoms with E-state index in [1.807, 2.05) is 30.3 Å². The van der Waals surface area contributed by atoms with Crippen molar-refractivity contribution in [3.63, 3.8) is 0 Å². The molecule has 0 bridgehead atoms. The molecule has 2 aliphatic rings. The van der Waals surface area contributed by atoms with Crippen LogP contribution in [0.5, 0.6) is 11.5 Å². The van der Waals surface area contributed by atoms with Crippen molar-refractivity contribution in [2.45, 2.75) is 44.1 Å². The molecule has 6 heteroatoms. The third-order valence-corrected chi connectivity index (χ3v) is 5.64. The zero-order valence-electron chi connectivity index (χ0n) is 16.5. The van der Waals surface area contributed by atoms with E-state index in [0.29, 0.717) is 30.4 Å². The summed E-state index contributed by atoms with van der Waals surface area (Å²) in [4.78, 5) is 25.7. The number of esters is 1. The fourth-order valence-corrected chi connectivity index (χ4v) is 4.04. The maximum Gasteiger partial charge on any atom is 0.317 e. The van der Waals surface area contributed by atoms with Crippen molar-refractivity contribution in [1.82, 2.24) is 0 Å². The summed E-state index contributed by atoms with van der Waals surface area (Å²) in [5, 5.41) is 2.79. The Bertz CT molecular complexity index is 889. The fourth-order valence-electron chi connectivity index (χ4n) is 4.04. The Labute approximate surface area is 170 Å². The highest BCUT2D eigenvalue weighted by molar-refractivity contribution is 5.96. The Hall–Kier alpha value is -3.02. The number of carbonyl (C=O) groups excluding carboxylic acids is 2. The monoisotopic (exact) mass is 395 g/mol. The van der Waals surface area contributed by atoms with Gasteiger partial charge in [-0.3, -0.25) is 9.59 Å². The number of carbonyl (C=O) groups is 2. The number of fused-ring (bicyclic) bond motifs is 1. The number of benzene rings is 2. The molecule has 1 atom stereocenters. The molecule has 1 fully saturated rings. The number of amides is 1. The van der Waals surface area contributed by atoms with Gasteiger partial charge in [0.05, 0.1) is 5.41 Å². The normalized spacial score (nSPS) is 18.0. The van der Waals surface area contributed by atoms with E-state index in [0.717, 1.165) is 31.2 Å². The van der Waals surface area contributed by atoms with Gasteiger partial charge in [-0.1, -0.05) is 43.2 Å². The van der Waals surface area contributed by atoms with Crippen molar-refractivity contribution >= 4 is 17.6 Å². The molecule has 0 saturated heterocycles. The lowest BCUT2D eigenvalue weighted by atomic mass is 9.79. The molecule has 1 heterocycles. The van der Waals surface area contributed by atoms with Crippen molar-refractivity contribution in [2.75, 3.05) is 18.5 Å². The third kappa shape index (κ3) is 3.92. The SMILES string of the molecule is CC(OC(=O)C1(c2ccccc2)CCCC1)C(=O)Nc1ccc2c(c1)OCCO2. The molecule has 1 aliphatic carbocycles. The Morgan fingerprint density at radius 3 is 2.41 bits per heavy atom. The van der Waals surface area contributed by atoms with Gasteiger partial charge < -0.3 is 19.5 Å². The molecule has 1 saturated carbocycles. The van der Waals surface area contributed by atoms with Gasteiger partial charge >= 0.3 is 5.97 Å². The van der Waals surface area contributed by atoms with Gasteiger partial charge in [0.1, 0.15) is 13.2 Å². The predicted molar refractivity (Wildman–Crippen MR) is 108 cm³/mol. The Balaban J connectivity index is 1.43. The standard InChI is InChI=1S/C23H25NO5/c1-16(21(25)24-18-9-10-19-20(15-18)28-14-13-27-19)29-22(26)23(11-5-6-12-23)17-7-3-2-4-8-17/h2-4,7-10,15-16H,5-6,11-14H2,1H3,(H,24,25). The van der Waals surface area contributed by atoms with Crippen LogP contribution in [0, 0.1) is 0 Å². The van der Waals surface area contributed by atoms with Crippen LogP contribution < -0.4 is 14.8 Å². The molecular weight excluding hydrogens is 370 g/mol. The van der Waals surface area contributed by atoms with E-state index < -0.39 is 11.5 Å². The summed E-state index contributed by atoms with van der Waals surface area (Å²) in [5.74, 6) is 0.537. The molecule has 29 heavy (non-hydrogen) atoms. The Kier molecular flexibility index (Phi) is 5.43. The molecule has 2 aromatic carbocycles. The maximum atomic E-state index is 13.1. The number of nitrogens with one attached hydrogen (secondary N) is 1. The lowest BCUT2D eigenvalue weighted by Gasteiger charge is -2.28. The molecule has 1 N–H and O–H groups in total. The van der Waals surface area contributed by atoms with Crippen LogP contribution in [0.25, 0.3) is 0 Å². The lowest BCUT2D eigenvalue weighted by molar-refractivity contribution is -0.159. The van der Waals surface area contributed by atoms with E-state index in [9.17, 15) is 9.59 Å². The number of ether oxygens (including phenoxy) is 3. The molecule has 6 nitrogen and oxygen atoms in total. The van der Waals surface area contributed by atoms with Crippen LogP contribution in [-0.4, -0.2) is 31.2 Å². The smallest absolute Gasteiger partial charge is 0.317 e. The number of anilines is 1. The first-order valence-corrected chi connectivity index (χ1v) is 10.1. The van der Waals surface area contributed by atoms with Crippen molar-refractivity contribution in [3.05, 3.63) is 54.1 Å². The van der Waals surface area contributed by atoms with Crippen molar-refractivity contribution < 1.29 is 23.8 Å². The van der Waals surface area contributed by atoms with Crippen LogP contribution in [-0.2, 0) is 19.7 Å². The van der Waals surface area contributed by atoms with E-state index in [1.54, 1.807) is 25.1 Å². The van der Waals surface area contributed by atoms with Gasteiger partial charge in [0, 0.05) is 11.8 Å². The molecule has 1 aliphatic heterocycles. The van der Waals surface area contributed by atoms with Crippen molar-refractivity contribution in [3.8, 4) is 11.5 Å². The van der Waals surface area contributed by atoms with Crippen molar-refractivity contribution in [2.24, 2.45) is 0 Å². The second-order valence-electron chi connectivity index (χ2n) is 7.55. The highest BCUT2D eigenvalue weighted by Gasteiger charge is 2.45. The summed E-state index contributed by atoms with van der Waals surface area (Å²) >= 11 is 0. The lowest BCUT2D eigenvalue weighted by Crippen LogP contribution is -2.39.